The zero-order valence-corrected chi connectivity index (χ0v) is 10.4. The average molecular weight is 278 g/mol. The predicted octanol–water partition coefficient (Wildman–Crippen LogP) is 2.73. The predicted molar refractivity (Wildman–Crippen MR) is 67.5 cm³/mol. The molecule has 2 aromatic rings. The van der Waals surface area contributed by atoms with Crippen molar-refractivity contribution < 1.29 is 0 Å². The third kappa shape index (κ3) is 1.73. The molecular weight excluding hydrogens is 266 g/mol. The van der Waals surface area contributed by atoms with Gasteiger partial charge in [0.05, 0.1) is 18.6 Å². The van der Waals surface area contributed by atoms with Gasteiger partial charge in [0.2, 0.25) is 0 Å². The highest BCUT2D eigenvalue weighted by atomic mass is 79.9. The highest BCUT2D eigenvalue weighted by Gasteiger charge is 2.19. The summed E-state index contributed by atoms with van der Waals surface area (Å²) < 4.78 is 1.16. The minimum Gasteiger partial charge on any atom is -0.365 e. The summed E-state index contributed by atoms with van der Waals surface area (Å²) in [6.45, 7) is 1.97. The van der Waals surface area contributed by atoms with Crippen LogP contribution in [0.1, 0.15) is 11.3 Å². The highest BCUT2D eigenvalue weighted by molar-refractivity contribution is 9.10. The van der Waals surface area contributed by atoms with Crippen molar-refractivity contribution in [2.75, 3.05) is 11.4 Å². The number of nitrogens with one attached hydrogen (secondary N) is 1. The molecule has 82 valence electrons. The second-order valence-electron chi connectivity index (χ2n) is 4.01. The molecule has 2 heterocycles. The van der Waals surface area contributed by atoms with Crippen LogP contribution in [0.25, 0.3) is 0 Å². The third-order valence-electron chi connectivity index (χ3n) is 2.94. The normalized spacial score (nSPS) is 14.2. The van der Waals surface area contributed by atoms with Crippen molar-refractivity contribution in [3.63, 3.8) is 0 Å². The van der Waals surface area contributed by atoms with Crippen LogP contribution in [0.5, 0.6) is 0 Å². The number of imidazole rings is 1. The van der Waals surface area contributed by atoms with Gasteiger partial charge in [0, 0.05) is 22.9 Å². The van der Waals surface area contributed by atoms with Gasteiger partial charge < -0.3 is 9.88 Å². The lowest BCUT2D eigenvalue weighted by Gasteiger charge is -2.17. The Kier molecular flexibility index (Phi) is 2.44. The van der Waals surface area contributed by atoms with Crippen LogP contribution in [-0.4, -0.2) is 16.5 Å². The summed E-state index contributed by atoms with van der Waals surface area (Å²) in [5, 5.41) is 0. The molecule has 1 aliphatic rings. The van der Waals surface area contributed by atoms with Crippen LogP contribution < -0.4 is 4.90 Å². The first-order valence-corrected chi connectivity index (χ1v) is 6.13. The van der Waals surface area contributed by atoms with E-state index in [9.17, 15) is 0 Å². The number of aromatic amines is 1. The number of rotatable bonds is 2. The molecular formula is C12H12BrN3. The number of aromatic nitrogens is 2. The molecule has 0 atom stereocenters. The Morgan fingerprint density at radius 2 is 2.38 bits per heavy atom. The van der Waals surface area contributed by atoms with Crippen molar-refractivity contribution in [3.05, 3.63) is 46.5 Å². The van der Waals surface area contributed by atoms with Crippen LogP contribution in [0, 0.1) is 0 Å². The second-order valence-corrected chi connectivity index (χ2v) is 4.92. The molecule has 0 radical (unpaired) electrons. The molecule has 0 spiro atoms. The minimum atomic E-state index is 0.887. The highest BCUT2D eigenvalue weighted by Crippen LogP contribution is 2.31. The SMILES string of the molecule is Brc1ccc2c(c1)CCN2Cc1c[nH]cn1. The van der Waals surface area contributed by atoms with E-state index < -0.39 is 0 Å². The van der Waals surface area contributed by atoms with Crippen molar-refractivity contribution in [1.29, 1.82) is 0 Å². The molecule has 4 heteroatoms. The molecule has 1 aromatic carbocycles. The van der Waals surface area contributed by atoms with Gasteiger partial charge in [0.1, 0.15) is 0 Å². The van der Waals surface area contributed by atoms with Crippen molar-refractivity contribution in [2.24, 2.45) is 0 Å². The number of H-pyrrole nitrogens is 1. The Balaban J connectivity index is 1.86. The van der Waals surface area contributed by atoms with Crippen molar-refractivity contribution in [2.45, 2.75) is 13.0 Å². The summed E-state index contributed by atoms with van der Waals surface area (Å²) in [4.78, 5) is 9.63. The minimum absolute atomic E-state index is 0.887. The number of halogens is 1. The van der Waals surface area contributed by atoms with E-state index in [1.807, 2.05) is 6.20 Å². The third-order valence-corrected chi connectivity index (χ3v) is 3.43. The lowest BCUT2D eigenvalue weighted by atomic mass is 10.2. The van der Waals surface area contributed by atoms with Crippen LogP contribution in [0.15, 0.2) is 35.2 Å². The van der Waals surface area contributed by atoms with Crippen molar-refractivity contribution in [1.82, 2.24) is 9.97 Å². The molecule has 0 bridgehead atoms. The number of hydrogen-bond acceptors (Lipinski definition) is 2. The van der Waals surface area contributed by atoms with Crippen LogP contribution in [-0.2, 0) is 13.0 Å². The van der Waals surface area contributed by atoms with Gasteiger partial charge in [-0.3, -0.25) is 0 Å². The van der Waals surface area contributed by atoms with Crippen molar-refractivity contribution in [3.8, 4) is 0 Å². The van der Waals surface area contributed by atoms with Crippen LogP contribution in [0.4, 0.5) is 5.69 Å². The molecule has 3 nitrogen and oxygen atoms in total. The molecule has 1 aliphatic heterocycles. The van der Waals surface area contributed by atoms with E-state index in [0.29, 0.717) is 0 Å². The van der Waals surface area contributed by atoms with Gasteiger partial charge in [-0.1, -0.05) is 15.9 Å². The van der Waals surface area contributed by atoms with E-state index in [0.717, 1.165) is 29.7 Å². The zero-order valence-electron chi connectivity index (χ0n) is 8.78. The van der Waals surface area contributed by atoms with E-state index in [4.69, 9.17) is 0 Å². The molecule has 1 aromatic heterocycles. The first-order valence-electron chi connectivity index (χ1n) is 5.34. The number of fused-ring (bicyclic) bond motifs is 1. The number of anilines is 1. The van der Waals surface area contributed by atoms with E-state index in [2.05, 4.69) is 49.0 Å². The van der Waals surface area contributed by atoms with Gasteiger partial charge in [-0.25, -0.2) is 4.98 Å². The Labute approximate surface area is 103 Å². The molecule has 0 fully saturated rings. The lowest BCUT2D eigenvalue weighted by molar-refractivity contribution is 0.819. The largest absolute Gasteiger partial charge is 0.365 e. The Bertz CT molecular complexity index is 493. The molecule has 0 amide bonds. The van der Waals surface area contributed by atoms with Gasteiger partial charge in [-0.2, -0.15) is 0 Å². The molecule has 3 rings (SSSR count). The van der Waals surface area contributed by atoms with Crippen LogP contribution in [0.3, 0.4) is 0 Å². The van der Waals surface area contributed by atoms with E-state index in [1.165, 1.54) is 11.3 Å². The molecule has 1 N–H and O–H groups in total. The summed E-state index contributed by atoms with van der Waals surface area (Å²) >= 11 is 3.51. The number of nitrogens with zero attached hydrogens (tertiary/aromatic N) is 2. The Hall–Kier alpha value is -1.29. The maximum Gasteiger partial charge on any atom is 0.0923 e. The summed E-state index contributed by atoms with van der Waals surface area (Å²) in [5.41, 5.74) is 3.85. The van der Waals surface area contributed by atoms with Gasteiger partial charge in [0.25, 0.3) is 0 Å². The fraction of sp³-hybridized carbons (Fsp3) is 0.250. The van der Waals surface area contributed by atoms with Gasteiger partial charge in [-0.05, 0) is 30.2 Å². The van der Waals surface area contributed by atoms with E-state index in [-0.39, 0.29) is 0 Å². The number of benzene rings is 1. The summed E-state index contributed by atoms with van der Waals surface area (Å²) in [7, 11) is 0. The first-order chi connectivity index (χ1) is 7.83. The van der Waals surface area contributed by atoms with E-state index in [1.54, 1.807) is 6.33 Å². The summed E-state index contributed by atoms with van der Waals surface area (Å²) in [6, 6.07) is 6.49. The molecule has 0 unspecified atom stereocenters. The average Bonchev–Trinajstić information content (AvgIpc) is 2.89. The molecule has 0 aliphatic carbocycles. The molecule has 0 saturated carbocycles. The maximum absolute atomic E-state index is 4.26. The quantitative estimate of drug-likeness (QED) is 0.916. The first kappa shape index (κ1) is 9.90. The van der Waals surface area contributed by atoms with Crippen LogP contribution >= 0.6 is 15.9 Å². The topological polar surface area (TPSA) is 31.9 Å². The molecule has 0 saturated heterocycles. The van der Waals surface area contributed by atoms with Gasteiger partial charge in [-0.15, -0.1) is 0 Å². The Morgan fingerprint density at radius 1 is 1.44 bits per heavy atom. The maximum atomic E-state index is 4.26. The zero-order chi connectivity index (χ0) is 11.0. The summed E-state index contributed by atoms with van der Waals surface area (Å²) in [6.07, 6.45) is 4.81. The Morgan fingerprint density at radius 3 is 3.19 bits per heavy atom. The fourth-order valence-corrected chi connectivity index (χ4v) is 2.58. The van der Waals surface area contributed by atoms with Gasteiger partial charge >= 0.3 is 0 Å². The fourth-order valence-electron chi connectivity index (χ4n) is 2.18. The summed E-state index contributed by atoms with van der Waals surface area (Å²) in [5.74, 6) is 0. The van der Waals surface area contributed by atoms with Crippen LogP contribution in [0.2, 0.25) is 0 Å². The van der Waals surface area contributed by atoms with E-state index >= 15 is 0 Å². The standard InChI is InChI=1S/C12H12BrN3/c13-10-1-2-12-9(5-10)3-4-16(12)7-11-6-14-8-15-11/h1-2,5-6,8H,3-4,7H2,(H,14,15). The monoisotopic (exact) mass is 277 g/mol. The van der Waals surface area contributed by atoms with Crippen molar-refractivity contribution >= 4 is 21.6 Å². The smallest absolute Gasteiger partial charge is 0.0923 e. The second kappa shape index (κ2) is 3.94. The number of hydrogen-bond donors (Lipinski definition) is 1. The van der Waals surface area contributed by atoms with Gasteiger partial charge in [0.15, 0.2) is 0 Å². The lowest BCUT2D eigenvalue weighted by Crippen LogP contribution is -2.19. The molecule has 16 heavy (non-hydrogen) atoms.